The Morgan fingerprint density at radius 2 is 1.83 bits per heavy atom. The maximum atomic E-state index is 14.4. The van der Waals surface area contributed by atoms with Gasteiger partial charge in [-0.2, -0.15) is 0 Å². The standard InChI is InChI=1S/C23H28F2N6O3S/c1-35(33,34)30-10-9-15(13-30)31-22-19(27-23(31)29-21-17(24)3-2-4-18(21)25)12-26-20(28-22)11-14-5-7-16(32)8-6-14/h2-4,12,14-16,32H,5-11,13H2,1H3,(H,27,29)/t14?,15-,16?/m1/s1. The Labute approximate surface area is 202 Å². The lowest BCUT2D eigenvalue weighted by molar-refractivity contribution is 0.108. The van der Waals surface area contributed by atoms with Crippen molar-refractivity contribution >= 4 is 32.8 Å². The first-order valence-electron chi connectivity index (χ1n) is 11.8. The van der Waals surface area contributed by atoms with Gasteiger partial charge in [0.25, 0.3) is 0 Å². The fourth-order valence-electron chi connectivity index (χ4n) is 5.02. The van der Waals surface area contributed by atoms with Gasteiger partial charge in [-0.05, 0) is 50.2 Å². The number of anilines is 2. The predicted molar refractivity (Wildman–Crippen MR) is 127 cm³/mol. The minimum absolute atomic E-state index is 0.177. The highest BCUT2D eigenvalue weighted by Crippen LogP contribution is 2.33. The molecule has 1 atom stereocenters. The van der Waals surface area contributed by atoms with Crippen LogP contribution in [0.2, 0.25) is 0 Å². The van der Waals surface area contributed by atoms with Crippen LogP contribution < -0.4 is 5.32 Å². The number of hydrogen-bond donors (Lipinski definition) is 2. The maximum absolute atomic E-state index is 14.4. The molecular weight excluding hydrogens is 478 g/mol. The second-order valence-corrected chi connectivity index (χ2v) is 11.4. The predicted octanol–water partition coefficient (Wildman–Crippen LogP) is 3.15. The number of halogens is 2. The zero-order chi connectivity index (χ0) is 24.7. The van der Waals surface area contributed by atoms with Crippen molar-refractivity contribution in [1.82, 2.24) is 23.8 Å². The summed E-state index contributed by atoms with van der Waals surface area (Å²) in [6, 6.07) is 3.26. The molecular formula is C23H28F2N6O3S. The first-order valence-corrected chi connectivity index (χ1v) is 13.6. The van der Waals surface area contributed by atoms with E-state index in [9.17, 15) is 22.3 Å². The van der Waals surface area contributed by atoms with Gasteiger partial charge in [0.05, 0.1) is 24.6 Å². The minimum atomic E-state index is -3.39. The molecule has 0 radical (unpaired) electrons. The van der Waals surface area contributed by atoms with Crippen LogP contribution in [0.1, 0.15) is 44.0 Å². The number of sulfonamides is 1. The van der Waals surface area contributed by atoms with Crippen LogP contribution in [-0.4, -0.2) is 62.8 Å². The van der Waals surface area contributed by atoms with Gasteiger partial charge in [0.2, 0.25) is 16.0 Å². The number of rotatable bonds is 6. The average Bonchev–Trinajstić information content (AvgIpc) is 3.42. The maximum Gasteiger partial charge on any atom is 0.211 e. The van der Waals surface area contributed by atoms with Gasteiger partial charge in [-0.25, -0.2) is 36.5 Å². The Morgan fingerprint density at radius 3 is 2.49 bits per heavy atom. The quantitative estimate of drug-likeness (QED) is 0.528. The van der Waals surface area contributed by atoms with Crippen molar-refractivity contribution in [3.8, 4) is 0 Å². The first kappa shape index (κ1) is 24.0. The number of nitrogens with zero attached hydrogens (tertiary/aromatic N) is 5. The second kappa shape index (κ2) is 9.40. The third kappa shape index (κ3) is 5.00. The van der Waals surface area contributed by atoms with Crippen LogP contribution in [0.5, 0.6) is 0 Å². The molecule has 1 saturated carbocycles. The molecule has 0 unspecified atom stereocenters. The molecule has 0 bridgehead atoms. The molecule has 0 spiro atoms. The van der Waals surface area contributed by atoms with Crippen LogP contribution in [0.25, 0.3) is 11.2 Å². The molecule has 2 fully saturated rings. The summed E-state index contributed by atoms with van der Waals surface area (Å²) in [5.74, 6) is -0.360. The van der Waals surface area contributed by atoms with E-state index in [4.69, 9.17) is 4.98 Å². The zero-order valence-corrected chi connectivity index (χ0v) is 20.2. The first-order chi connectivity index (χ1) is 16.7. The van der Waals surface area contributed by atoms with E-state index in [0.29, 0.717) is 42.3 Å². The van der Waals surface area contributed by atoms with E-state index >= 15 is 0 Å². The van der Waals surface area contributed by atoms with Gasteiger partial charge in [0, 0.05) is 19.5 Å². The second-order valence-electron chi connectivity index (χ2n) is 9.46. The van der Waals surface area contributed by atoms with Crippen LogP contribution in [0, 0.1) is 17.6 Å². The van der Waals surface area contributed by atoms with Gasteiger partial charge in [0.1, 0.15) is 28.7 Å². The molecule has 2 aliphatic rings. The molecule has 12 heteroatoms. The molecule has 3 aromatic rings. The molecule has 5 rings (SSSR count). The van der Waals surface area contributed by atoms with E-state index in [1.165, 1.54) is 10.4 Å². The van der Waals surface area contributed by atoms with Crippen molar-refractivity contribution in [2.45, 2.75) is 50.7 Å². The summed E-state index contributed by atoms with van der Waals surface area (Å²) in [6.45, 7) is 0.539. The third-order valence-electron chi connectivity index (χ3n) is 6.93. The smallest absolute Gasteiger partial charge is 0.211 e. The van der Waals surface area contributed by atoms with Crippen LogP contribution in [-0.2, 0) is 16.4 Å². The Hall–Kier alpha value is -2.70. The van der Waals surface area contributed by atoms with Gasteiger partial charge < -0.3 is 10.4 Å². The van der Waals surface area contributed by atoms with E-state index in [1.807, 2.05) is 0 Å². The number of aliphatic hydroxyl groups excluding tert-OH is 1. The lowest BCUT2D eigenvalue weighted by Crippen LogP contribution is -2.28. The molecule has 3 heterocycles. The van der Waals surface area contributed by atoms with Crippen molar-refractivity contribution < 1.29 is 22.3 Å². The number of imidazole rings is 1. The molecule has 2 N–H and O–H groups in total. The number of nitrogens with one attached hydrogen (secondary N) is 1. The van der Waals surface area contributed by atoms with E-state index in [-0.39, 0.29) is 30.3 Å². The molecule has 2 aromatic heterocycles. The lowest BCUT2D eigenvalue weighted by Gasteiger charge is -2.24. The molecule has 35 heavy (non-hydrogen) atoms. The highest BCUT2D eigenvalue weighted by Gasteiger charge is 2.33. The van der Waals surface area contributed by atoms with E-state index in [2.05, 4.69) is 15.3 Å². The lowest BCUT2D eigenvalue weighted by atomic mass is 9.85. The van der Waals surface area contributed by atoms with E-state index in [0.717, 1.165) is 44.1 Å². The van der Waals surface area contributed by atoms with Crippen molar-refractivity contribution in [1.29, 1.82) is 0 Å². The normalized spacial score (nSPS) is 23.7. The van der Waals surface area contributed by atoms with Gasteiger partial charge in [-0.15, -0.1) is 0 Å². The number of para-hydroxylation sites is 1. The number of benzene rings is 1. The molecule has 1 aliphatic heterocycles. The number of aliphatic hydroxyl groups is 1. The van der Waals surface area contributed by atoms with Crippen LogP contribution in [0.15, 0.2) is 24.4 Å². The third-order valence-corrected chi connectivity index (χ3v) is 8.20. The average molecular weight is 507 g/mol. The summed E-state index contributed by atoms with van der Waals surface area (Å²) >= 11 is 0. The molecule has 0 amide bonds. The highest BCUT2D eigenvalue weighted by molar-refractivity contribution is 7.88. The van der Waals surface area contributed by atoms with Crippen molar-refractivity contribution in [3.05, 3.63) is 41.9 Å². The monoisotopic (exact) mass is 506 g/mol. The van der Waals surface area contributed by atoms with E-state index in [1.54, 1.807) is 10.8 Å². The highest BCUT2D eigenvalue weighted by atomic mass is 32.2. The summed E-state index contributed by atoms with van der Waals surface area (Å²) in [7, 11) is -3.39. The summed E-state index contributed by atoms with van der Waals surface area (Å²) in [4.78, 5) is 13.7. The fraction of sp³-hybridized carbons (Fsp3) is 0.522. The van der Waals surface area contributed by atoms with Gasteiger partial charge >= 0.3 is 0 Å². The fourth-order valence-corrected chi connectivity index (χ4v) is 5.90. The van der Waals surface area contributed by atoms with Crippen molar-refractivity contribution in [3.63, 3.8) is 0 Å². The Bertz CT molecular complexity index is 1320. The Morgan fingerprint density at radius 1 is 1.11 bits per heavy atom. The SMILES string of the molecule is CS(=O)(=O)N1CC[C@@H](n2c(Nc3c(F)cccc3F)nc3cnc(CC4CCC(O)CC4)nc32)C1. The molecule has 1 aliphatic carbocycles. The molecule has 1 aromatic carbocycles. The zero-order valence-electron chi connectivity index (χ0n) is 19.4. The summed E-state index contributed by atoms with van der Waals surface area (Å²) in [5.41, 5.74) is 0.603. The van der Waals surface area contributed by atoms with Crippen molar-refractivity contribution in [2.75, 3.05) is 24.7 Å². The van der Waals surface area contributed by atoms with Crippen molar-refractivity contribution in [2.24, 2.45) is 5.92 Å². The minimum Gasteiger partial charge on any atom is -0.393 e. The summed E-state index contributed by atoms with van der Waals surface area (Å²) in [5, 5.41) is 12.6. The molecule has 1 saturated heterocycles. The van der Waals surface area contributed by atoms with E-state index < -0.39 is 21.7 Å². The number of fused-ring (bicyclic) bond motifs is 1. The van der Waals surface area contributed by atoms with Gasteiger partial charge in [0.15, 0.2) is 5.65 Å². The van der Waals surface area contributed by atoms with Gasteiger partial charge in [-0.3, -0.25) is 4.57 Å². The van der Waals surface area contributed by atoms with Crippen LogP contribution in [0.4, 0.5) is 20.4 Å². The molecule has 188 valence electrons. The topological polar surface area (TPSA) is 113 Å². The summed E-state index contributed by atoms with van der Waals surface area (Å²) in [6.07, 6.45) is 6.98. The summed E-state index contributed by atoms with van der Waals surface area (Å²) < 4.78 is 56.2. The van der Waals surface area contributed by atoms with Crippen LogP contribution in [0.3, 0.4) is 0 Å². The number of hydrogen-bond acceptors (Lipinski definition) is 7. The van der Waals surface area contributed by atoms with Gasteiger partial charge in [-0.1, -0.05) is 6.07 Å². The number of aromatic nitrogens is 4. The Balaban J connectivity index is 1.53. The Kier molecular flexibility index (Phi) is 6.45. The largest absolute Gasteiger partial charge is 0.393 e. The molecule has 9 nitrogen and oxygen atoms in total. The van der Waals surface area contributed by atoms with Crippen LogP contribution >= 0.6 is 0 Å².